The summed E-state index contributed by atoms with van der Waals surface area (Å²) in [4.78, 5) is 27.4. The standard InChI is InChI=1S/C35H28NO3P/c1-39-35(38)32(36-34(37)28-19-9-3-10-20-28)33(27-17-7-2-8-18-27)40(29-21-11-4-12-22-29,30-23-13-5-14-24-30)31-25-15-6-16-26-31/h2-26H,1H3/p+1. The van der Waals surface area contributed by atoms with Gasteiger partial charge in [-0.05, 0) is 48.5 Å². The number of carbonyl (C=O) groups excluding carboxylic acids is 2. The third-order valence-electron chi connectivity index (χ3n) is 6.71. The van der Waals surface area contributed by atoms with E-state index in [9.17, 15) is 9.59 Å². The van der Waals surface area contributed by atoms with E-state index in [4.69, 9.17) is 4.74 Å². The summed E-state index contributed by atoms with van der Waals surface area (Å²) in [6.07, 6.45) is 0. The summed E-state index contributed by atoms with van der Waals surface area (Å²) in [6.45, 7) is 0. The largest absolute Gasteiger partial charge is 0.464 e. The number of carbonyl (C=O) groups is 2. The summed E-state index contributed by atoms with van der Waals surface area (Å²) >= 11 is 0. The highest BCUT2D eigenvalue weighted by Crippen LogP contribution is 2.67. The van der Waals surface area contributed by atoms with Crippen molar-refractivity contribution in [1.82, 2.24) is 5.32 Å². The van der Waals surface area contributed by atoms with Crippen LogP contribution in [0.2, 0.25) is 0 Å². The Morgan fingerprint density at radius 2 is 0.875 bits per heavy atom. The van der Waals surface area contributed by atoms with E-state index in [0.29, 0.717) is 10.9 Å². The molecule has 0 spiro atoms. The first-order valence-electron chi connectivity index (χ1n) is 13.0. The van der Waals surface area contributed by atoms with Crippen LogP contribution in [0.4, 0.5) is 0 Å². The highest BCUT2D eigenvalue weighted by atomic mass is 31.2. The fourth-order valence-electron chi connectivity index (χ4n) is 4.98. The van der Waals surface area contributed by atoms with Crippen molar-refractivity contribution in [1.29, 1.82) is 0 Å². The van der Waals surface area contributed by atoms with Gasteiger partial charge in [-0.25, -0.2) is 4.79 Å². The molecule has 0 aliphatic heterocycles. The van der Waals surface area contributed by atoms with Crippen LogP contribution in [0.1, 0.15) is 15.9 Å². The molecule has 1 N–H and O–H groups in total. The number of methoxy groups -OCH3 is 1. The molecule has 0 aliphatic rings. The van der Waals surface area contributed by atoms with E-state index < -0.39 is 13.2 Å². The first kappa shape index (κ1) is 26.8. The van der Waals surface area contributed by atoms with Gasteiger partial charge in [0, 0.05) is 11.1 Å². The van der Waals surface area contributed by atoms with Crippen molar-refractivity contribution in [2.45, 2.75) is 0 Å². The second-order valence-electron chi connectivity index (χ2n) is 9.08. The monoisotopic (exact) mass is 542 g/mol. The Bertz CT molecular complexity index is 1510. The van der Waals surface area contributed by atoms with Crippen LogP contribution >= 0.6 is 7.26 Å². The summed E-state index contributed by atoms with van der Waals surface area (Å²) < 4.78 is 5.36. The van der Waals surface area contributed by atoms with Gasteiger partial charge >= 0.3 is 5.97 Å². The number of esters is 1. The van der Waals surface area contributed by atoms with E-state index in [1.54, 1.807) is 24.3 Å². The fraction of sp³-hybridized carbons (Fsp3) is 0.0286. The molecule has 1 amide bonds. The summed E-state index contributed by atoms with van der Waals surface area (Å²) in [7, 11) is -1.45. The first-order valence-corrected chi connectivity index (χ1v) is 14.8. The fourth-order valence-corrected chi connectivity index (χ4v) is 9.52. The lowest BCUT2D eigenvalue weighted by Gasteiger charge is -2.31. The summed E-state index contributed by atoms with van der Waals surface area (Å²) in [5.74, 6) is -1.00. The van der Waals surface area contributed by atoms with Crippen molar-refractivity contribution in [3.8, 4) is 0 Å². The molecule has 0 saturated carbocycles. The molecule has 0 aromatic heterocycles. The van der Waals surface area contributed by atoms with Crippen LogP contribution in [0.15, 0.2) is 157 Å². The number of amides is 1. The summed E-state index contributed by atoms with van der Waals surface area (Å²) in [5.41, 5.74) is 1.38. The normalized spacial score (nSPS) is 11.7. The summed E-state index contributed by atoms with van der Waals surface area (Å²) in [5, 5.41) is 6.84. The maximum absolute atomic E-state index is 13.8. The van der Waals surface area contributed by atoms with Gasteiger partial charge in [-0.2, -0.15) is 0 Å². The van der Waals surface area contributed by atoms with Gasteiger partial charge < -0.3 is 10.1 Å². The molecule has 5 aromatic rings. The minimum Gasteiger partial charge on any atom is -0.464 e. The van der Waals surface area contributed by atoms with Crippen LogP contribution in [-0.4, -0.2) is 19.0 Å². The zero-order valence-electron chi connectivity index (χ0n) is 22.1. The average Bonchev–Trinajstić information content (AvgIpc) is 3.04. The zero-order valence-corrected chi connectivity index (χ0v) is 23.0. The predicted octanol–water partition coefficient (Wildman–Crippen LogP) is 5.95. The second kappa shape index (κ2) is 12.4. The first-order chi connectivity index (χ1) is 19.7. The van der Waals surface area contributed by atoms with Crippen LogP contribution in [0.3, 0.4) is 0 Å². The van der Waals surface area contributed by atoms with Crippen LogP contribution in [-0.2, 0) is 9.53 Å². The van der Waals surface area contributed by atoms with E-state index in [0.717, 1.165) is 21.5 Å². The number of hydrogen-bond donors (Lipinski definition) is 1. The van der Waals surface area contributed by atoms with Gasteiger partial charge in [0.1, 0.15) is 28.5 Å². The van der Waals surface area contributed by atoms with Crippen molar-refractivity contribution < 1.29 is 14.3 Å². The lowest BCUT2D eigenvalue weighted by molar-refractivity contribution is -0.136. The smallest absolute Gasteiger partial charge is 0.358 e. The summed E-state index contributed by atoms with van der Waals surface area (Å²) in [6, 6.07) is 49.3. The van der Waals surface area contributed by atoms with Gasteiger partial charge in [0.05, 0.1) is 7.11 Å². The highest BCUT2D eigenvalue weighted by molar-refractivity contribution is 8.03. The second-order valence-corrected chi connectivity index (χ2v) is 12.4. The Morgan fingerprint density at radius 1 is 0.525 bits per heavy atom. The maximum atomic E-state index is 13.8. The minimum atomic E-state index is -2.79. The van der Waals surface area contributed by atoms with Gasteiger partial charge in [0.15, 0.2) is 5.70 Å². The molecule has 4 nitrogen and oxygen atoms in total. The highest BCUT2D eigenvalue weighted by Gasteiger charge is 2.53. The molecule has 196 valence electrons. The Morgan fingerprint density at radius 3 is 1.25 bits per heavy atom. The topological polar surface area (TPSA) is 55.4 Å². The van der Waals surface area contributed by atoms with Gasteiger partial charge in [-0.3, -0.25) is 4.79 Å². The van der Waals surface area contributed by atoms with E-state index in [-0.39, 0.29) is 11.6 Å². The maximum Gasteiger partial charge on any atom is 0.358 e. The average molecular weight is 543 g/mol. The molecule has 0 atom stereocenters. The third kappa shape index (κ3) is 5.22. The van der Waals surface area contributed by atoms with E-state index in [1.165, 1.54) is 7.11 Å². The Balaban J connectivity index is 1.96. The van der Waals surface area contributed by atoms with Crippen molar-refractivity contribution >= 4 is 40.4 Å². The van der Waals surface area contributed by atoms with Gasteiger partial charge in [0.25, 0.3) is 5.91 Å². The van der Waals surface area contributed by atoms with Gasteiger partial charge in [-0.15, -0.1) is 0 Å². The van der Waals surface area contributed by atoms with Crippen LogP contribution in [0.25, 0.3) is 5.31 Å². The van der Waals surface area contributed by atoms with Crippen molar-refractivity contribution in [3.63, 3.8) is 0 Å². The zero-order chi connectivity index (χ0) is 27.8. The molecule has 0 unspecified atom stereocenters. The molecule has 0 heterocycles. The number of nitrogens with one attached hydrogen (secondary N) is 1. The molecular formula is C35H29NO3P+. The molecule has 0 aliphatic carbocycles. The van der Waals surface area contributed by atoms with E-state index in [1.807, 2.05) is 91.0 Å². The van der Waals surface area contributed by atoms with Gasteiger partial charge in [-0.1, -0.05) is 103 Å². The quantitative estimate of drug-likeness (QED) is 0.150. The lowest BCUT2D eigenvalue weighted by atomic mass is 10.1. The molecule has 5 aromatic carbocycles. The lowest BCUT2D eigenvalue weighted by Crippen LogP contribution is -2.36. The molecule has 0 fully saturated rings. The van der Waals surface area contributed by atoms with Crippen LogP contribution in [0.5, 0.6) is 0 Å². The molecule has 0 saturated heterocycles. The van der Waals surface area contributed by atoms with Crippen molar-refractivity contribution in [2.24, 2.45) is 0 Å². The molecule has 5 heteroatoms. The molecule has 0 bridgehead atoms. The van der Waals surface area contributed by atoms with Gasteiger partial charge in [0.2, 0.25) is 0 Å². The number of ether oxygens (including phenoxy) is 1. The Kier molecular flexibility index (Phi) is 8.29. The third-order valence-corrected chi connectivity index (χ3v) is 11.1. The Labute approximate surface area is 235 Å². The van der Waals surface area contributed by atoms with Crippen molar-refractivity contribution in [2.75, 3.05) is 7.11 Å². The predicted molar refractivity (Wildman–Crippen MR) is 164 cm³/mol. The molecule has 0 radical (unpaired) electrons. The molecule has 5 rings (SSSR count). The molecule has 40 heavy (non-hydrogen) atoms. The number of hydrogen-bond acceptors (Lipinski definition) is 3. The number of rotatable bonds is 8. The van der Waals surface area contributed by atoms with E-state index in [2.05, 4.69) is 41.7 Å². The van der Waals surface area contributed by atoms with Crippen LogP contribution < -0.4 is 21.2 Å². The van der Waals surface area contributed by atoms with Crippen molar-refractivity contribution in [3.05, 3.63) is 168 Å². The minimum absolute atomic E-state index is 0.118. The van der Waals surface area contributed by atoms with Crippen LogP contribution in [0, 0.1) is 0 Å². The Hall–Kier alpha value is -4.79. The van der Waals surface area contributed by atoms with E-state index >= 15 is 0 Å². The molecular weight excluding hydrogens is 513 g/mol. The number of benzene rings is 5. The SMILES string of the molecule is COC(=O)C(NC(=O)c1ccccc1)=C(c1ccccc1)[P+](c1ccccc1)(c1ccccc1)c1ccccc1.